The molecular weight excluding hydrogens is 318 g/mol. The van der Waals surface area contributed by atoms with Gasteiger partial charge in [0, 0.05) is 32.1 Å². The molecule has 0 radical (unpaired) electrons. The van der Waals surface area contributed by atoms with E-state index in [2.05, 4.69) is 22.6 Å². The molecule has 0 fully saturated rings. The van der Waals surface area contributed by atoms with Gasteiger partial charge in [-0.05, 0) is 30.9 Å². The highest BCUT2D eigenvalue weighted by molar-refractivity contribution is 5.78. The molecule has 0 unspecified atom stereocenters. The number of rotatable bonds is 6. The number of amides is 2. The number of aromatic nitrogens is 1. The fourth-order valence-corrected chi connectivity index (χ4v) is 3.06. The van der Waals surface area contributed by atoms with Crippen LogP contribution in [0.5, 0.6) is 0 Å². The van der Waals surface area contributed by atoms with Gasteiger partial charge >= 0.3 is 0 Å². The van der Waals surface area contributed by atoms with Crippen molar-refractivity contribution in [2.24, 2.45) is 0 Å². The summed E-state index contributed by atoms with van der Waals surface area (Å²) in [6, 6.07) is 10.0. The second-order valence-electron chi connectivity index (χ2n) is 6.39. The van der Waals surface area contributed by atoms with Gasteiger partial charge in [-0.25, -0.2) is 0 Å². The standard InChI is InChI=1S/C19H23N3O3/c1-14-11-17(21-25-14)12-18(23)20-9-4-7-19(24)22-10-8-15-5-2-3-6-16(15)13-22/h2-3,5-6,11H,4,7-10,12-13H2,1H3,(H,20,23). The van der Waals surface area contributed by atoms with Crippen molar-refractivity contribution in [2.75, 3.05) is 13.1 Å². The molecule has 0 atom stereocenters. The lowest BCUT2D eigenvalue weighted by Gasteiger charge is -2.29. The van der Waals surface area contributed by atoms with Gasteiger partial charge in [-0.15, -0.1) is 0 Å². The van der Waals surface area contributed by atoms with Crippen molar-refractivity contribution in [3.05, 3.63) is 52.9 Å². The maximum Gasteiger partial charge on any atom is 0.226 e. The Morgan fingerprint density at radius 2 is 2.08 bits per heavy atom. The van der Waals surface area contributed by atoms with Crippen LogP contribution in [0.25, 0.3) is 0 Å². The predicted octanol–water partition coefficient (Wildman–Crippen LogP) is 2.01. The summed E-state index contributed by atoms with van der Waals surface area (Å²) in [6.07, 6.45) is 2.20. The number of fused-ring (bicyclic) bond motifs is 1. The molecule has 2 heterocycles. The molecule has 6 nitrogen and oxygen atoms in total. The van der Waals surface area contributed by atoms with Gasteiger partial charge in [0.25, 0.3) is 0 Å². The average molecular weight is 341 g/mol. The maximum absolute atomic E-state index is 12.3. The van der Waals surface area contributed by atoms with E-state index in [-0.39, 0.29) is 18.2 Å². The molecule has 1 aromatic heterocycles. The molecule has 1 aromatic carbocycles. The minimum atomic E-state index is -0.104. The van der Waals surface area contributed by atoms with Gasteiger partial charge < -0.3 is 14.7 Å². The molecule has 2 aromatic rings. The molecular formula is C19H23N3O3. The summed E-state index contributed by atoms with van der Waals surface area (Å²) >= 11 is 0. The molecule has 25 heavy (non-hydrogen) atoms. The van der Waals surface area contributed by atoms with Crippen LogP contribution in [0, 0.1) is 6.92 Å². The highest BCUT2D eigenvalue weighted by atomic mass is 16.5. The second kappa shape index (κ2) is 7.96. The summed E-state index contributed by atoms with van der Waals surface area (Å²) in [5.74, 6) is 0.736. The molecule has 0 saturated heterocycles. The van der Waals surface area contributed by atoms with Gasteiger partial charge in [0.1, 0.15) is 5.76 Å². The minimum absolute atomic E-state index is 0.104. The summed E-state index contributed by atoms with van der Waals surface area (Å²) in [5.41, 5.74) is 3.19. The van der Waals surface area contributed by atoms with E-state index in [9.17, 15) is 9.59 Å². The normalized spacial score (nSPS) is 13.4. The Morgan fingerprint density at radius 3 is 2.84 bits per heavy atom. The summed E-state index contributed by atoms with van der Waals surface area (Å²) in [5, 5.41) is 6.62. The van der Waals surface area contributed by atoms with E-state index in [1.54, 1.807) is 13.0 Å². The number of carbonyl (C=O) groups is 2. The Morgan fingerprint density at radius 1 is 1.28 bits per heavy atom. The number of nitrogens with one attached hydrogen (secondary N) is 1. The maximum atomic E-state index is 12.3. The fourth-order valence-electron chi connectivity index (χ4n) is 3.06. The SMILES string of the molecule is Cc1cc(CC(=O)NCCCC(=O)N2CCc3ccccc3C2)no1. The molecule has 6 heteroatoms. The van der Waals surface area contributed by atoms with E-state index < -0.39 is 0 Å². The van der Waals surface area contributed by atoms with Crippen LogP contribution in [0.15, 0.2) is 34.9 Å². The van der Waals surface area contributed by atoms with Crippen LogP contribution in [0.4, 0.5) is 0 Å². The van der Waals surface area contributed by atoms with Crippen molar-refractivity contribution < 1.29 is 14.1 Å². The first-order valence-corrected chi connectivity index (χ1v) is 8.65. The lowest BCUT2D eigenvalue weighted by molar-refractivity contribution is -0.132. The largest absolute Gasteiger partial charge is 0.361 e. The first-order valence-electron chi connectivity index (χ1n) is 8.65. The van der Waals surface area contributed by atoms with Gasteiger partial charge in [0.05, 0.1) is 12.1 Å². The van der Waals surface area contributed by atoms with Crippen molar-refractivity contribution in [1.82, 2.24) is 15.4 Å². The molecule has 0 spiro atoms. The van der Waals surface area contributed by atoms with E-state index in [0.29, 0.717) is 37.4 Å². The lowest BCUT2D eigenvalue weighted by atomic mass is 9.99. The van der Waals surface area contributed by atoms with Crippen molar-refractivity contribution in [3.8, 4) is 0 Å². The number of carbonyl (C=O) groups excluding carboxylic acids is 2. The zero-order chi connectivity index (χ0) is 17.6. The van der Waals surface area contributed by atoms with Crippen molar-refractivity contribution in [3.63, 3.8) is 0 Å². The Balaban J connectivity index is 1.36. The van der Waals surface area contributed by atoms with E-state index in [1.807, 2.05) is 17.0 Å². The number of nitrogens with zero attached hydrogens (tertiary/aromatic N) is 2. The van der Waals surface area contributed by atoms with E-state index in [1.165, 1.54) is 11.1 Å². The molecule has 3 rings (SSSR count). The molecule has 2 amide bonds. The first kappa shape index (κ1) is 17.2. The highest BCUT2D eigenvalue weighted by Crippen LogP contribution is 2.19. The molecule has 132 valence electrons. The van der Waals surface area contributed by atoms with Crippen molar-refractivity contribution >= 4 is 11.8 Å². The Hall–Kier alpha value is -2.63. The molecule has 1 N–H and O–H groups in total. The Labute approximate surface area is 147 Å². The number of hydrogen-bond acceptors (Lipinski definition) is 4. The fraction of sp³-hybridized carbons (Fsp3) is 0.421. The van der Waals surface area contributed by atoms with Crippen LogP contribution < -0.4 is 5.32 Å². The van der Waals surface area contributed by atoms with Gasteiger partial charge in [-0.2, -0.15) is 0 Å². The number of aryl methyl sites for hydroxylation is 1. The highest BCUT2D eigenvalue weighted by Gasteiger charge is 2.19. The molecule has 1 aliphatic heterocycles. The Kier molecular flexibility index (Phi) is 5.48. The topological polar surface area (TPSA) is 75.4 Å². The number of benzene rings is 1. The third kappa shape index (κ3) is 4.68. The second-order valence-corrected chi connectivity index (χ2v) is 6.39. The summed E-state index contributed by atoms with van der Waals surface area (Å²) in [7, 11) is 0. The first-order chi connectivity index (χ1) is 12.1. The van der Waals surface area contributed by atoms with E-state index in [0.717, 1.165) is 13.0 Å². The van der Waals surface area contributed by atoms with Crippen molar-refractivity contribution in [2.45, 2.75) is 39.2 Å². The molecule has 0 saturated carbocycles. The van der Waals surface area contributed by atoms with Crippen LogP contribution in [0.2, 0.25) is 0 Å². The zero-order valence-electron chi connectivity index (χ0n) is 14.5. The van der Waals surface area contributed by atoms with Crippen molar-refractivity contribution in [1.29, 1.82) is 0 Å². The van der Waals surface area contributed by atoms with Gasteiger partial charge in [-0.1, -0.05) is 29.4 Å². The van der Waals surface area contributed by atoms with E-state index >= 15 is 0 Å². The zero-order valence-corrected chi connectivity index (χ0v) is 14.5. The third-order valence-corrected chi connectivity index (χ3v) is 4.39. The third-order valence-electron chi connectivity index (χ3n) is 4.39. The molecule has 0 aliphatic carbocycles. The van der Waals surface area contributed by atoms with Gasteiger partial charge in [0.2, 0.25) is 11.8 Å². The smallest absolute Gasteiger partial charge is 0.226 e. The summed E-state index contributed by atoms with van der Waals surface area (Å²) in [6.45, 7) is 3.74. The van der Waals surface area contributed by atoms with Crippen LogP contribution in [0.3, 0.4) is 0 Å². The molecule has 1 aliphatic rings. The quantitative estimate of drug-likeness (QED) is 0.816. The van der Waals surface area contributed by atoms with Crippen LogP contribution in [0.1, 0.15) is 35.4 Å². The van der Waals surface area contributed by atoms with E-state index in [4.69, 9.17) is 4.52 Å². The van der Waals surface area contributed by atoms with Gasteiger partial charge in [-0.3, -0.25) is 9.59 Å². The van der Waals surface area contributed by atoms with Gasteiger partial charge in [0.15, 0.2) is 0 Å². The molecule has 0 bridgehead atoms. The summed E-state index contributed by atoms with van der Waals surface area (Å²) in [4.78, 5) is 26.1. The lowest BCUT2D eigenvalue weighted by Crippen LogP contribution is -2.36. The minimum Gasteiger partial charge on any atom is -0.361 e. The monoisotopic (exact) mass is 341 g/mol. The number of hydrogen-bond donors (Lipinski definition) is 1. The summed E-state index contributed by atoms with van der Waals surface area (Å²) < 4.78 is 4.93. The van der Waals surface area contributed by atoms with Crippen LogP contribution in [-0.4, -0.2) is 35.0 Å². The Bertz CT molecular complexity index is 754. The predicted molar refractivity (Wildman–Crippen MR) is 92.8 cm³/mol. The van der Waals surface area contributed by atoms with Crippen LogP contribution >= 0.6 is 0 Å². The average Bonchev–Trinajstić information content (AvgIpc) is 3.02. The van der Waals surface area contributed by atoms with Crippen LogP contribution in [-0.2, 0) is 29.0 Å².